The number of aliphatic hydroxyl groups excluding tert-OH is 1. The van der Waals surface area contributed by atoms with Crippen molar-refractivity contribution in [3.05, 3.63) is 42.0 Å². The number of furan rings is 1. The van der Waals surface area contributed by atoms with Crippen molar-refractivity contribution in [3.63, 3.8) is 0 Å². The topological polar surface area (TPSA) is 72.1 Å². The average molecular weight is 369 g/mol. The summed E-state index contributed by atoms with van der Waals surface area (Å²) < 4.78 is 16.5. The number of benzene rings is 2. The molecule has 0 bridgehead atoms. The highest BCUT2D eigenvalue weighted by Crippen LogP contribution is 2.42. The SMILES string of the molecule is CCOC(=O)CN1CC(c2ccc(OC)c3oc4ccccc4c23)CC1O. The smallest absolute Gasteiger partial charge is 0.320 e. The van der Waals surface area contributed by atoms with E-state index in [0.29, 0.717) is 25.3 Å². The highest BCUT2D eigenvalue weighted by molar-refractivity contribution is 6.08. The Labute approximate surface area is 157 Å². The number of hydrogen-bond acceptors (Lipinski definition) is 6. The molecule has 0 aliphatic carbocycles. The summed E-state index contributed by atoms with van der Waals surface area (Å²) in [6, 6.07) is 11.8. The largest absolute Gasteiger partial charge is 0.493 e. The Hall–Kier alpha value is -2.57. The van der Waals surface area contributed by atoms with Crippen LogP contribution in [0.25, 0.3) is 21.9 Å². The van der Waals surface area contributed by atoms with Gasteiger partial charge in [0.05, 0.1) is 20.3 Å². The quantitative estimate of drug-likeness (QED) is 0.696. The maximum atomic E-state index is 11.8. The Kier molecular flexibility index (Phi) is 4.76. The first-order valence-corrected chi connectivity index (χ1v) is 9.18. The Morgan fingerprint density at radius 1 is 1.30 bits per heavy atom. The second-order valence-electron chi connectivity index (χ2n) is 6.81. The number of aliphatic hydroxyl groups is 1. The second kappa shape index (κ2) is 7.21. The maximum Gasteiger partial charge on any atom is 0.320 e. The minimum Gasteiger partial charge on any atom is -0.493 e. The van der Waals surface area contributed by atoms with Gasteiger partial charge in [-0.25, -0.2) is 0 Å². The zero-order valence-corrected chi connectivity index (χ0v) is 15.5. The van der Waals surface area contributed by atoms with Crippen LogP contribution in [0, 0.1) is 0 Å². The van der Waals surface area contributed by atoms with Gasteiger partial charge in [0.1, 0.15) is 11.8 Å². The van der Waals surface area contributed by atoms with Crippen molar-refractivity contribution in [2.75, 3.05) is 26.8 Å². The molecule has 2 heterocycles. The van der Waals surface area contributed by atoms with Gasteiger partial charge in [0, 0.05) is 23.2 Å². The minimum absolute atomic E-state index is 0.0869. The first-order chi connectivity index (χ1) is 13.1. The predicted molar refractivity (Wildman–Crippen MR) is 102 cm³/mol. The Balaban J connectivity index is 1.73. The Morgan fingerprint density at radius 3 is 2.89 bits per heavy atom. The zero-order chi connectivity index (χ0) is 19.0. The summed E-state index contributed by atoms with van der Waals surface area (Å²) in [7, 11) is 1.63. The monoisotopic (exact) mass is 369 g/mol. The summed E-state index contributed by atoms with van der Waals surface area (Å²) in [4.78, 5) is 13.6. The molecule has 3 aromatic rings. The number of esters is 1. The third kappa shape index (κ3) is 3.15. The molecule has 0 radical (unpaired) electrons. The van der Waals surface area contributed by atoms with Gasteiger partial charge in [0.15, 0.2) is 11.3 Å². The lowest BCUT2D eigenvalue weighted by Crippen LogP contribution is -2.35. The fraction of sp³-hybridized carbons (Fsp3) is 0.381. The van der Waals surface area contributed by atoms with Crippen LogP contribution >= 0.6 is 0 Å². The number of methoxy groups -OCH3 is 1. The molecule has 1 fully saturated rings. The predicted octanol–water partition coefficient (Wildman–Crippen LogP) is 3.27. The normalized spacial score (nSPS) is 20.4. The summed E-state index contributed by atoms with van der Waals surface area (Å²) in [5.41, 5.74) is 2.62. The van der Waals surface area contributed by atoms with Crippen LogP contribution in [0.1, 0.15) is 24.8 Å². The van der Waals surface area contributed by atoms with Crippen LogP contribution in [-0.2, 0) is 9.53 Å². The van der Waals surface area contributed by atoms with Gasteiger partial charge in [-0.15, -0.1) is 0 Å². The molecule has 0 spiro atoms. The van der Waals surface area contributed by atoms with Gasteiger partial charge in [-0.2, -0.15) is 0 Å². The molecular weight excluding hydrogens is 346 g/mol. The molecular formula is C21H23NO5. The van der Waals surface area contributed by atoms with Crippen LogP contribution < -0.4 is 4.74 Å². The molecule has 2 unspecified atom stereocenters. The van der Waals surface area contributed by atoms with Crippen molar-refractivity contribution in [1.29, 1.82) is 0 Å². The Bertz CT molecular complexity index is 979. The number of hydrogen-bond donors (Lipinski definition) is 1. The molecule has 1 N–H and O–H groups in total. The number of ether oxygens (including phenoxy) is 2. The van der Waals surface area contributed by atoms with Gasteiger partial charge in [-0.05, 0) is 31.0 Å². The number of carbonyl (C=O) groups is 1. The van der Waals surface area contributed by atoms with E-state index in [0.717, 1.165) is 27.5 Å². The molecule has 1 aliphatic rings. The van der Waals surface area contributed by atoms with Gasteiger partial charge in [-0.1, -0.05) is 24.3 Å². The van der Waals surface area contributed by atoms with Crippen molar-refractivity contribution < 1.29 is 23.8 Å². The lowest BCUT2D eigenvalue weighted by Gasteiger charge is -2.18. The molecule has 1 saturated heterocycles. The van der Waals surface area contributed by atoms with Gasteiger partial charge < -0.3 is 19.0 Å². The van der Waals surface area contributed by atoms with Crippen molar-refractivity contribution in [3.8, 4) is 5.75 Å². The van der Waals surface area contributed by atoms with Gasteiger partial charge in [-0.3, -0.25) is 9.69 Å². The molecule has 2 atom stereocenters. The van der Waals surface area contributed by atoms with Gasteiger partial charge >= 0.3 is 5.97 Å². The van der Waals surface area contributed by atoms with E-state index in [4.69, 9.17) is 13.9 Å². The molecule has 6 heteroatoms. The van der Waals surface area contributed by atoms with Crippen LogP contribution in [0.5, 0.6) is 5.75 Å². The molecule has 0 saturated carbocycles. The van der Waals surface area contributed by atoms with Crippen molar-refractivity contribution in [1.82, 2.24) is 4.90 Å². The standard InChI is InChI=1S/C21H23NO5/c1-3-26-19(24)12-22-11-13(10-18(22)23)14-8-9-17(25-2)21-20(14)15-6-4-5-7-16(15)27-21/h4-9,13,18,23H,3,10-12H2,1-2H3. The van der Waals surface area contributed by atoms with E-state index < -0.39 is 6.23 Å². The molecule has 1 aliphatic heterocycles. The first-order valence-electron chi connectivity index (χ1n) is 9.18. The van der Waals surface area contributed by atoms with Crippen molar-refractivity contribution in [2.45, 2.75) is 25.5 Å². The average Bonchev–Trinajstić information content (AvgIpc) is 3.22. The third-order valence-electron chi connectivity index (χ3n) is 5.19. The number of para-hydroxylation sites is 1. The number of rotatable bonds is 5. The summed E-state index contributed by atoms with van der Waals surface area (Å²) in [6.45, 7) is 2.80. The molecule has 142 valence electrons. The molecule has 2 aromatic carbocycles. The molecule has 6 nitrogen and oxygen atoms in total. The molecule has 1 aromatic heterocycles. The van der Waals surface area contributed by atoms with E-state index in [2.05, 4.69) is 0 Å². The van der Waals surface area contributed by atoms with Crippen LogP contribution in [0.2, 0.25) is 0 Å². The molecule has 0 amide bonds. The maximum absolute atomic E-state index is 11.8. The first kappa shape index (κ1) is 17.8. The number of nitrogens with zero attached hydrogens (tertiary/aromatic N) is 1. The van der Waals surface area contributed by atoms with E-state index in [1.165, 1.54) is 0 Å². The van der Waals surface area contributed by atoms with Crippen LogP contribution in [0.3, 0.4) is 0 Å². The highest BCUT2D eigenvalue weighted by Gasteiger charge is 2.34. The lowest BCUT2D eigenvalue weighted by molar-refractivity contribution is -0.146. The fourth-order valence-corrected chi connectivity index (χ4v) is 3.98. The zero-order valence-electron chi connectivity index (χ0n) is 15.5. The highest BCUT2D eigenvalue weighted by atomic mass is 16.5. The van der Waals surface area contributed by atoms with E-state index in [1.807, 2.05) is 36.4 Å². The van der Waals surface area contributed by atoms with Crippen LogP contribution in [0.4, 0.5) is 0 Å². The van der Waals surface area contributed by atoms with Crippen LogP contribution in [0.15, 0.2) is 40.8 Å². The molecule has 4 rings (SSSR count). The fourth-order valence-electron chi connectivity index (χ4n) is 3.98. The molecule has 27 heavy (non-hydrogen) atoms. The number of fused-ring (bicyclic) bond motifs is 3. The summed E-state index contributed by atoms with van der Waals surface area (Å²) in [5.74, 6) is 0.460. The van der Waals surface area contributed by atoms with E-state index in [1.54, 1.807) is 18.9 Å². The van der Waals surface area contributed by atoms with Gasteiger partial charge in [0.25, 0.3) is 0 Å². The second-order valence-corrected chi connectivity index (χ2v) is 6.81. The Morgan fingerprint density at radius 2 is 2.11 bits per heavy atom. The summed E-state index contributed by atoms with van der Waals surface area (Å²) >= 11 is 0. The minimum atomic E-state index is -0.672. The van der Waals surface area contributed by atoms with Crippen molar-refractivity contribution in [2.24, 2.45) is 0 Å². The third-order valence-corrected chi connectivity index (χ3v) is 5.19. The number of carbonyl (C=O) groups excluding carboxylic acids is 1. The van der Waals surface area contributed by atoms with Crippen LogP contribution in [-0.4, -0.2) is 49.0 Å². The van der Waals surface area contributed by atoms with Crippen molar-refractivity contribution >= 4 is 27.9 Å². The summed E-state index contributed by atoms with van der Waals surface area (Å²) in [5, 5.41) is 12.5. The summed E-state index contributed by atoms with van der Waals surface area (Å²) in [6.07, 6.45) is -0.116. The van der Waals surface area contributed by atoms with Gasteiger partial charge in [0.2, 0.25) is 0 Å². The van der Waals surface area contributed by atoms with E-state index in [-0.39, 0.29) is 18.4 Å². The van der Waals surface area contributed by atoms with E-state index >= 15 is 0 Å². The number of likely N-dealkylation sites (tertiary alicyclic amines) is 1. The van der Waals surface area contributed by atoms with E-state index in [9.17, 15) is 9.90 Å². The lowest BCUT2D eigenvalue weighted by atomic mass is 9.93.